The first-order valence-corrected chi connectivity index (χ1v) is 9.74. The molecule has 4 heteroatoms. The molecule has 0 radical (unpaired) electrons. The third-order valence-electron chi connectivity index (χ3n) is 5.41. The van der Waals surface area contributed by atoms with E-state index in [0.717, 1.165) is 6.54 Å². The predicted octanol–water partition coefficient (Wildman–Crippen LogP) is 3.26. The Morgan fingerprint density at radius 1 is 1.15 bits per heavy atom. The largest absolute Gasteiger partial charge is 0.320 e. The van der Waals surface area contributed by atoms with Gasteiger partial charge >= 0.3 is 0 Å². The molecule has 0 aromatic heterocycles. The summed E-state index contributed by atoms with van der Waals surface area (Å²) in [6, 6.07) is 18.4. The van der Waals surface area contributed by atoms with Crippen LogP contribution in [0, 0.1) is 11.3 Å². The second-order valence-electron chi connectivity index (χ2n) is 7.79. The van der Waals surface area contributed by atoms with E-state index < -0.39 is 0 Å². The van der Waals surface area contributed by atoms with E-state index in [2.05, 4.69) is 49.5 Å². The number of nitrogens with zero attached hydrogens (tertiary/aromatic N) is 1. The summed E-state index contributed by atoms with van der Waals surface area (Å²) < 4.78 is 0. The number of para-hydroxylation sites is 1. The first kappa shape index (κ1) is 19.1. The first-order valence-electron chi connectivity index (χ1n) is 9.74. The lowest BCUT2D eigenvalue weighted by Crippen LogP contribution is -3.16. The molecule has 2 aromatic rings. The van der Waals surface area contributed by atoms with Crippen molar-refractivity contribution in [2.75, 3.05) is 5.32 Å². The van der Waals surface area contributed by atoms with Gasteiger partial charge in [0.1, 0.15) is 12.6 Å². The Balaban J connectivity index is 1.70. The average Bonchev–Trinajstić information content (AvgIpc) is 3.51. The van der Waals surface area contributed by atoms with Crippen molar-refractivity contribution < 1.29 is 9.69 Å². The number of benzene rings is 2. The van der Waals surface area contributed by atoms with Crippen molar-refractivity contribution in [3.63, 3.8) is 0 Å². The van der Waals surface area contributed by atoms with E-state index in [0.29, 0.717) is 23.2 Å². The SMILES string of the molecule is CC(C)c1ccc(C[NH+](C2CC2)[C@H](C)C(=O)Nc2ccccc2C#N)cc1. The molecule has 140 valence electrons. The number of nitrogens with one attached hydrogen (secondary N) is 2. The van der Waals surface area contributed by atoms with Crippen molar-refractivity contribution >= 4 is 11.6 Å². The Hall–Kier alpha value is -2.64. The predicted molar refractivity (Wildman–Crippen MR) is 107 cm³/mol. The molecule has 1 aliphatic carbocycles. The van der Waals surface area contributed by atoms with Crippen LogP contribution in [-0.4, -0.2) is 18.0 Å². The molecular weight excluding hydrogens is 334 g/mol. The van der Waals surface area contributed by atoms with Crippen molar-refractivity contribution in [3.8, 4) is 6.07 Å². The zero-order valence-electron chi connectivity index (χ0n) is 16.3. The summed E-state index contributed by atoms with van der Waals surface area (Å²) in [5, 5.41) is 12.2. The molecule has 0 aliphatic heterocycles. The van der Waals surface area contributed by atoms with Crippen molar-refractivity contribution in [3.05, 3.63) is 65.2 Å². The topological polar surface area (TPSA) is 57.3 Å². The van der Waals surface area contributed by atoms with Crippen LogP contribution in [0.2, 0.25) is 0 Å². The Morgan fingerprint density at radius 3 is 2.41 bits per heavy atom. The van der Waals surface area contributed by atoms with Gasteiger partial charge in [-0.1, -0.05) is 50.2 Å². The minimum Gasteiger partial charge on any atom is -0.320 e. The first-order chi connectivity index (χ1) is 13.0. The second-order valence-corrected chi connectivity index (χ2v) is 7.79. The van der Waals surface area contributed by atoms with Crippen LogP contribution in [0.15, 0.2) is 48.5 Å². The average molecular weight is 362 g/mol. The van der Waals surface area contributed by atoms with Crippen molar-refractivity contribution in [2.45, 2.75) is 58.2 Å². The molecule has 1 amide bonds. The van der Waals surface area contributed by atoms with E-state index in [1.165, 1.54) is 28.9 Å². The summed E-state index contributed by atoms with van der Waals surface area (Å²) in [6.45, 7) is 7.22. The Morgan fingerprint density at radius 2 is 1.81 bits per heavy atom. The highest BCUT2D eigenvalue weighted by atomic mass is 16.2. The van der Waals surface area contributed by atoms with Gasteiger partial charge in [-0.2, -0.15) is 5.26 Å². The van der Waals surface area contributed by atoms with Gasteiger partial charge < -0.3 is 10.2 Å². The highest BCUT2D eigenvalue weighted by Crippen LogP contribution is 2.19. The quantitative estimate of drug-likeness (QED) is 0.794. The monoisotopic (exact) mass is 362 g/mol. The third-order valence-corrected chi connectivity index (χ3v) is 5.41. The Labute approximate surface area is 161 Å². The molecule has 2 N–H and O–H groups in total. The van der Waals surface area contributed by atoms with Crippen LogP contribution in [0.1, 0.15) is 56.2 Å². The van der Waals surface area contributed by atoms with E-state index >= 15 is 0 Å². The number of carbonyl (C=O) groups excluding carboxylic acids is 1. The maximum Gasteiger partial charge on any atom is 0.282 e. The lowest BCUT2D eigenvalue weighted by atomic mass is 10.0. The van der Waals surface area contributed by atoms with Gasteiger partial charge in [-0.05, 0) is 30.5 Å². The fourth-order valence-electron chi connectivity index (χ4n) is 3.46. The van der Waals surface area contributed by atoms with Crippen molar-refractivity contribution in [1.29, 1.82) is 5.26 Å². The van der Waals surface area contributed by atoms with Gasteiger partial charge in [0.15, 0.2) is 6.04 Å². The number of hydrogen-bond acceptors (Lipinski definition) is 2. The molecule has 1 saturated carbocycles. The molecule has 27 heavy (non-hydrogen) atoms. The van der Waals surface area contributed by atoms with Crippen molar-refractivity contribution in [2.24, 2.45) is 0 Å². The maximum absolute atomic E-state index is 12.8. The van der Waals surface area contributed by atoms with Gasteiger partial charge in [-0.25, -0.2) is 0 Å². The van der Waals surface area contributed by atoms with Crippen LogP contribution in [0.3, 0.4) is 0 Å². The standard InChI is InChI=1S/C23H27N3O/c1-16(2)19-10-8-18(9-11-19)15-26(21-12-13-21)17(3)23(27)25-22-7-5-4-6-20(22)14-24/h4-11,16-17,21H,12-13,15H2,1-3H3,(H,25,27)/p+1/t17-/m1/s1. The summed E-state index contributed by atoms with van der Waals surface area (Å²) >= 11 is 0. The second kappa shape index (κ2) is 8.37. The Kier molecular flexibility index (Phi) is 5.93. The van der Waals surface area contributed by atoms with E-state index in [9.17, 15) is 10.1 Å². The number of rotatable bonds is 7. The highest BCUT2D eigenvalue weighted by Gasteiger charge is 2.39. The smallest absolute Gasteiger partial charge is 0.282 e. The van der Waals surface area contributed by atoms with Gasteiger partial charge in [-0.15, -0.1) is 0 Å². The van der Waals surface area contributed by atoms with Crippen LogP contribution < -0.4 is 10.2 Å². The fourth-order valence-corrected chi connectivity index (χ4v) is 3.46. The van der Waals surface area contributed by atoms with Crippen molar-refractivity contribution in [1.82, 2.24) is 0 Å². The number of amides is 1. The molecule has 1 aliphatic rings. The van der Waals surface area contributed by atoms with Gasteiger partial charge in [0, 0.05) is 18.4 Å². The minimum absolute atomic E-state index is 0.0293. The number of hydrogen-bond donors (Lipinski definition) is 2. The summed E-state index contributed by atoms with van der Waals surface area (Å²) in [4.78, 5) is 14.2. The molecule has 2 aromatic carbocycles. The van der Waals surface area contributed by atoms with Crippen LogP contribution >= 0.6 is 0 Å². The molecule has 2 atom stereocenters. The van der Waals surface area contributed by atoms with E-state index in [4.69, 9.17) is 0 Å². The summed E-state index contributed by atoms with van der Waals surface area (Å²) in [5.74, 6) is 0.495. The summed E-state index contributed by atoms with van der Waals surface area (Å²) in [5.41, 5.74) is 3.69. The molecule has 3 rings (SSSR count). The number of carbonyl (C=O) groups is 1. The zero-order valence-corrected chi connectivity index (χ0v) is 16.3. The normalized spacial score (nSPS) is 15.8. The highest BCUT2D eigenvalue weighted by molar-refractivity contribution is 5.94. The molecule has 0 bridgehead atoms. The molecule has 1 unspecified atom stereocenters. The molecule has 4 nitrogen and oxygen atoms in total. The van der Waals surface area contributed by atoms with Gasteiger partial charge in [0.25, 0.3) is 5.91 Å². The van der Waals surface area contributed by atoms with Gasteiger partial charge in [0.05, 0.1) is 17.3 Å². The minimum atomic E-state index is -0.172. The maximum atomic E-state index is 12.8. The van der Waals surface area contributed by atoms with Crippen LogP contribution in [0.5, 0.6) is 0 Å². The lowest BCUT2D eigenvalue weighted by Gasteiger charge is -2.25. The van der Waals surface area contributed by atoms with Crippen LogP contribution in [-0.2, 0) is 11.3 Å². The number of anilines is 1. The lowest BCUT2D eigenvalue weighted by molar-refractivity contribution is -0.938. The number of nitriles is 1. The zero-order chi connectivity index (χ0) is 19.4. The van der Waals surface area contributed by atoms with E-state index in [-0.39, 0.29) is 11.9 Å². The molecule has 0 saturated heterocycles. The fraction of sp³-hybridized carbons (Fsp3) is 0.391. The summed E-state index contributed by atoms with van der Waals surface area (Å²) in [6.07, 6.45) is 2.34. The van der Waals surface area contributed by atoms with Gasteiger partial charge in [0.2, 0.25) is 0 Å². The molecule has 0 spiro atoms. The van der Waals surface area contributed by atoms with E-state index in [1.807, 2.05) is 13.0 Å². The summed E-state index contributed by atoms with van der Waals surface area (Å²) in [7, 11) is 0. The molecule has 0 heterocycles. The molecular formula is C23H28N3O+. The van der Waals surface area contributed by atoms with Crippen LogP contribution in [0.4, 0.5) is 5.69 Å². The third kappa shape index (κ3) is 4.75. The molecule has 1 fully saturated rings. The van der Waals surface area contributed by atoms with Crippen LogP contribution in [0.25, 0.3) is 0 Å². The van der Waals surface area contributed by atoms with E-state index in [1.54, 1.807) is 18.2 Å². The number of quaternary nitrogens is 1. The van der Waals surface area contributed by atoms with Gasteiger partial charge in [-0.3, -0.25) is 4.79 Å². The Bertz CT molecular complexity index is 831.